The number of carbonyl (C=O) groups is 2. The van der Waals surface area contributed by atoms with Gasteiger partial charge in [0.15, 0.2) is 0 Å². The molecule has 0 bridgehead atoms. The third-order valence-corrected chi connectivity index (χ3v) is 8.77. The summed E-state index contributed by atoms with van der Waals surface area (Å²) < 4.78 is 48.5. The van der Waals surface area contributed by atoms with Crippen molar-refractivity contribution in [3.05, 3.63) is 126 Å². The second-order valence-electron chi connectivity index (χ2n) is 9.97. The van der Waals surface area contributed by atoms with E-state index in [0.717, 1.165) is 15.4 Å². The van der Waals surface area contributed by atoms with E-state index in [1.54, 1.807) is 43.3 Å². The summed E-state index contributed by atoms with van der Waals surface area (Å²) in [6, 6.07) is 26.7. The molecule has 0 unspecified atom stereocenters. The summed E-state index contributed by atoms with van der Waals surface area (Å²) in [6.07, 6.45) is 0.173. The molecule has 0 saturated carbocycles. The summed E-state index contributed by atoms with van der Waals surface area (Å²) in [6.45, 7) is 1.12. The molecule has 224 valence electrons. The van der Waals surface area contributed by atoms with Gasteiger partial charge in [0, 0.05) is 20.0 Å². The van der Waals surface area contributed by atoms with Gasteiger partial charge in [-0.15, -0.1) is 0 Å². The highest BCUT2D eigenvalue weighted by Gasteiger charge is 2.35. The maximum Gasteiger partial charge on any atom is 0.264 e. The Morgan fingerprint density at radius 1 is 0.884 bits per heavy atom. The number of sulfonamides is 1. The third kappa shape index (κ3) is 7.58. The maximum absolute atomic E-state index is 14.3. The number of hydrogen-bond acceptors (Lipinski definition) is 5. The monoisotopic (exact) mass is 603 g/mol. The van der Waals surface area contributed by atoms with E-state index in [4.69, 9.17) is 4.74 Å². The van der Waals surface area contributed by atoms with Crippen LogP contribution in [0.2, 0.25) is 0 Å². The maximum atomic E-state index is 14.3. The predicted octanol–water partition coefficient (Wildman–Crippen LogP) is 4.72. The zero-order valence-corrected chi connectivity index (χ0v) is 25.1. The first-order chi connectivity index (χ1) is 20.6. The van der Waals surface area contributed by atoms with E-state index in [9.17, 15) is 22.4 Å². The molecular weight excluding hydrogens is 569 g/mol. The first-order valence-corrected chi connectivity index (χ1v) is 15.1. The SMILES string of the molecule is CNC(=O)[C@@H](Cc1ccccc1)N(Cc1ccc(F)cc1)C(=O)CN(c1cc(C)ccc1OC)S(=O)(=O)c1ccccc1. The van der Waals surface area contributed by atoms with E-state index in [1.165, 1.54) is 55.5 Å². The lowest BCUT2D eigenvalue weighted by Crippen LogP contribution is -2.53. The van der Waals surface area contributed by atoms with E-state index < -0.39 is 40.2 Å². The summed E-state index contributed by atoms with van der Waals surface area (Å²) in [5, 5.41) is 2.64. The van der Waals surface area contributed by atoms with Gasteiger partial charge in [-0.2, -0.15) is 0 Å². The van der Waals surface area contributed by atoms with E-state index in [-0.39, 0.29) is 29.3 Å². The first-order valence-electron chi connectivity index (χ1n) is 13.7. The normalized spacial score (nSPS) is 11.8. The zero-order chi connectivity index (χ0) is 31.0. The van der Waals surface area contributed by atoms with Gasteiger partial charge in [-0.3, -0.25) is 13.9 Å². The average Bonchev–Trinajstić information content (AvgIpc) is 3.02. The van der Waals surface area contributed by atoms with Gasteiger partial charge in [-0.1, -0.05) is 66.7 Å². The number of carbonyl (C=O) groups excluding carboxylic acids is 2. The number of halogens is 1. The lowest BCUT2D eigenvalue weighted by Gasteiger charge is -2.34. The minimum Gasteiger partial charge on any atom is -0.495 e. The second kappa shape index (κ2) is 14.0. The van der Waals surface area contributed by atoms with Crippen LogP contribution in [0.15, 0.2) is 108 Å². The molecule has 8 nitrogen and oxygen atoms in total. The summed E-state index contributed by atoms with van der Waals surface area (Å²) in [5.41, 5.74) is 2.32. The number of benzene rings is 4. The van der Waals surface area contributed by atoms with Gasteiger partial charge in [0.1, 0.15) is 24.2 Å². The fourth-order valence-electron chi connectivity index (χ4n) is 4.74. The number of methoxy groups -OCH3 is 1. The molecule has 0 heterocycles. The number of aryl methyl sites for hydroxylation is 1. The van der Waals surface area contributed by atoms with Gasteiger partial charge in [-0.25, -0.2) is 12.8 Å². The number of amides is 2. The summed E-state index contributed by atoms with van der Waals surface area (Å²) in [7, 11) is -1.37. The van der Waals surface area contributed by atoms with E-state index in [1.807, 2.05) is 30.3 Å². The van der Waals surface area contributed by atoms with E-state index in [0.29, 0.717) is 5.56 Å². The average molecular weight is 604 g/mol. The zero-order valence-electron chi connectivity index (χ0n) is 24.2. The van der Waals surface area contributed by atoms with Gasteiger partial charge in [0.25, 0.3) is 10.0 Å². The molecule has 4 aromatic rings. The molecule has 43 heavy (non-hydrogen) atoms. The van der Waals surface area contributed by atoms with Crippen molar-refractivity contribution in [3.63, 3.8) is 0 Å². The molecule has 0 aromatic heterocycles. The van der Waals surface area contributed by atoms with Crippen LogP contribution in [0.4, 0.5) is 10.1 Å². The molecule has 0 aliphatic carbocycles. The largest absolute Gasteiger partial charge is 0.495 e. The molecule has 0 radical (unpaired) electrons. The summed E-state index contributed by atoms with van der Waals surface area (Å²) in [5.74, 6) is -1.24. The highest BCUT2D eigenvalue weighted by molar-refractivity contribution is 7.92. The van der Waals surface area contributed by atoms with Gasteiger partial charge < -0.3 is 15.0 Å². The molecule has 0 aliphatic heterocycles. The van der Waals surface area contributed by atoms with Crippen molar-refractivity contribution >= 4 is 27.5 Å². The number of nitrogens with zero attached hydrogens (tertiary/aromatic N) is 2. The fraction of sp³-hybridized carbons (Fsp3) is 0.212. The third-order valence-electron chi connectivity index (χ3n) is 7.00. The highest BCUT2D eigenvalue weighted by atomic mass is 32.2. The lowest BCUT2D eigenvalue weighted by molar-refractivity contribution is -0.139. The lowest BCUT2D eigenvalue weighted by atomic mass is 10.0. The summed E-state index contributed by atoms with van der Waals surface area (Å²) in [4.78, 5) is 29.0. The van der Waals surface area contributed by atoms with Gasteiger partial charge in [-0.05, 0) is 60.0 Å². The van der Waals surface area contributed by atoms with Gasteiger partial charge in [0.05, 0.1) is 17.7 Å². The number of likely N-dealkylation sites (N-methyl/N-ethyl adjacent to an activating group) is 1. The standard InChI is InChI=1S/C33H34FN3O5S/c1-24-14-19-31(42-3)29(20-24)37(43(40,41)28-12-8-5-9-13-28)23-32(38)36(22-26-15-17-27(34)18-16-26)30(33(39)35-2)21-25-10-6-4-7-11-25/h4-20,30H,21-23H2,1-3H3,(H,35,39)/t30-/m1/s1. The number of nitrogens with one attached hydrogen (secondary N) is 1. The van der Waals surface area contributed by atoms with Crippen LogP contribution in [0, 0.1) is 12.7 Å². The van der Waals surface area contributed by atoms with E-state index >= 15 is 0 Å². The molecule has 10 heteroatoms. The van der Waals surface area contributed by atoms with Crippen molar-refractivity contribution in [2.45, 2.75) is 30.8 Å². The minimum absolute atomic E-state index is 0.0106. The smallest absolute Gasteiger partial charge is 0.264 e. The Morgan fingerprint density at radius 2 is 1.51 bits per heavy atom. The van der Waals surface area contributed by atoms with Crippen LogP contribution < -0.4 is 14.4 Å². The Bertz CT molecular complexity index is 1650. The Hall–Kier alpha value is -4.70. The van der Waals surface area contributed by atoms with E-state index in [2.05, 4.69) is 5.32 Å². The van der Waals surface area contributed by atoms with Crippen molar-refractivity contribution in [3.8, 4) is 5.75 Å². The van der Waals surface area contributed by atoms with Crippen molar-refractivity contribution in [1.29, 1.82) is 0 Å². The Labute approximate surface area is 251 Å². The van der Waals surface area contributed by atoms with Crippen LogP contribution in [0.1, 0.15) is 16.7 Å². The fourth-order valence-corrected chi connectivity index (χ4v) is 6.17. The van der Waals surface area contributed by atoms with Gasteiger partial charge >= 0.3 is 0 Å². The van der Waals surface area contributed by atoms with Crippen LogP contribution in [0.25, 0.3) is 0 Å². The number of anilines is 1. The van der Waals surface area contributed by atoms with Crippen LogP contribution in [-0.4, -0.2) is 51.9 Å². The van der Waals surface area contributed by atoms with Crippen molar-refractivity contribution in [1.82, 2.24) is 10.2 Å². The van der Waals surface area contributed by atoms with Crippen molar-refractivity contribution in [2.24, 2.45) is 0 Å². The van der Waals surface area contributed by atoms with Crippen LogP contribution in [-0.2, 0) is 32.6 Å². The molecule has 1 atom stereocenters. The Kier molecular flexibility index (Phi) is 10.2. The highest BCUT2D eigenvalue weighted by Crippen LogP contribution is 2.34. The molecule has 0 fully saturated rings. The molecule has 0 aliphatic rings. The Morgan fingerprint density at radius 3 is 2.12 bits per heavy atom. The van der Waals surface area contributed by atoms with Crippen LogP contribution in [0.3, 0.4) is 0 Å². The molecular formula is C33H34FN3O5S. The number of ether oxygens (including phenoxy) is 1. The molecule has 4 aromatic carbocycles. The van der Waals surface area contributed by atoms with Crippen molar-refractivity contribution < 1.29 is 27.1 Å². The molecule has 2 amide bonds. The number of hydrogen-bond donors (Lipinski definition) is 1. The minimum atomic E-state index is -4.27. The Balaban J connectivity index is 1.82. The molecule has 4 rings (SSSR count). The number of rotatable bonds is 12. The predicted molar refractivity (Wildman–Crippen MR) is 164 cm³/mol. The summed E-state index contributed by atoms with van der Waals surface area (Å²) >= 11 is 0. The van der Waals surface area contributed by atoms with Crippen LogP contribution in [0.5, 0.6) is 5.75 Å². The van der Waals surface area contributed by atoms with Crippen molar-refractivity contribution in [2.75, 3.05) is 25.0 Å². The second-order valence-corrected chi connectivity index (χ2v) is 11.8. The first kappa shape index (κ1) is 31.2. The van der Waals surface area contributed by atoms with Gasteiger partial charge in [0.2, 0.25) is 11.8 Å². The van der Waals surface area contributed by atoms with Crippen LogP contribution >= 0.6 is 0 Å². The topological polar surface area (TPSA) is 96.0 Å². The molecule has 1 N–H and O–H groups in total. The molecule has 0 saturated heterocycles. The quantitative estimate of drug-likeness (QED) is 0.253. The molecule has 0 spiro atoms.